The van der Waals surface area contributed by atoms with Gasteiger partial charge in [-0.3, -0.25) is 4.79 Å². The number of halogens is 1. The molecule has 1 aromatic heterocycles. The number of carbonyl (C=O) groups is 2. The molecular formula is C13H10ClNO3S. The summed E-state index contributed by atoms with van der Waals surface area (Å²) in [6.45, 7) is 3.19. The lowest BCUT2D eigenvalue weighted by Crippen LogP contribution is -2.03. The van der Waals surface area contributed by atoms with Crippen LogP contribution < -0.4 is 0 Å². The van der Waals surface area contributed by atoms with Gasteiger partial charge in [-0.1, -0.05) is 17.7 Å². The summed E-state index contributed by atoms with van der Waals surface area (Å²) in [5, 5.41) is 10.2. The molecular weight excluding hydrogens is 286 g/mol. The van der Waals surface area contributed by atoms with Gasteiger partial charge in [0, 0.05) is 17.5 Å². The number of nitrogens with zero attached hydrogens (tertiary/aromatic N) is 1. The van der Waals surface area contributed by atoms with Crippen molar-refractivity contribution in [1.29, 1.82) is 0 Å². The highest BCUT2D eigenvalue weighted by molar-refractivity contribution is 7.17. The van der Waals surface area contributed by atoms with Gasteiger partial charge in [0.15, 0.2) is 11.5 Å². The van der Waals surface area contributed by atoms with Crippen LogP contribution in [0.1, 0.15) is 32.6 Å². The number of aromatic carboxylic acids is 1. The Morgan fingerprint density at radius 2 is 2.05 bits per heavy atom. The molecule has 1 heterocycles. The van der Waals surface area contributed by atoms with Crippen molar-refractivity contribution in [2.45, 2.75) is 13.8 Å². The standard InChI is InChI=1S/C13H10ClNO3S/c1-6-5-8(14)3-4-9(6)12-15-10(13(17)18)11(19-12)7(2)16/h3-5H,1-2H3,(H,17,18). The zero-order chi connectivity index (χ0) is 14.2. The number of hydrogen-bond acceptors (Lipinski definition) is 4. The number of ketones is 1. The number of rotatable bonds is 3. The molecule has 0 aliphatic rings. The second-order valence-electron chi connectivity index (χ2n) is 4.02. The molecule has 2 aromatic rings. The van der Waals surface area contributed by atoms with Gasteiger partial charge in [0.2, 0.25) is 0 Å². The predicted octanol–water partition coefficient (Wildman–Crippen LogP) is 3.67. The number of benzene rings is 1. The summed E-state index contributed by atoms with van der Waals surface area (Å²) >= 11 is 6.96. The van der Waals surface area contributed by atoms with Gasteiger partial charge in [-0.2, -0.15) is 0 Å². The summed E-state index contributed by atoms with van der Waals surface area (Å²) in [7, 11) is 0. The minimum absolute atomic E-state index is 0.164. The van der Waals surface area contributed by atoms with Crippen molar-refractivity contribution < 1.29 is 14.7 Å². The van der Waals surface area contributed by atoms with Gasteiger partial charge in [-0.05, 0) is 24.6 Å². The van der Waals surface area contributed by atoms with Gasteiger partial charge in [0.1, 0.15) is 9.88 Å². The van der Waals surface area contributed by atoms with Crippen molar-refractivity contribution in [2.24, 2.45) is 0 Å². The second-order valence-corrected chi connectivity index (χ2v) is 5.45. The van der Waals surface area contributed by atoms with E-state index < -0.39 is 5.97 Å². The minimum atomic E-state index is -1.20. The van der Waals surface area contributed by atoms with Crippen molar-refractivity contribution in [3.05, 3.63) is 39.4 Å². The first kappa shape index (κ1) is 13.7. The highest BCUT2D eigenvalue weighted by atomic mass is 35.5. The van der Waals surface area contributed by atoms with Crippen LogP contribution in [0, 0.1) is 6.92 Å². The summed E-state index contributed by atoms with van der Waals surface area (Å²) in [6, 6.07) is 5.25. The summed E-state index contributed by atoms with van der Waals surface area (Å²) in [5.41, 5.74) is 1.47. The van der Waals surface area contributed by atoms with E-state index in [2.05, 4.69) is 4.98 Å². The molecule has 1 aromatic carbocycles. The summed E-state index contributed by atoms with van der Waals surface area (Å²) in [5.74, 6) is -1.49. The first-order chi connectivity index (χ1) is 8.90. The molecule has 0 fully saturated rings. The Morgan fingerprint density at radius 1 is 1.37 bits per heavy atom. The quantitative estimate of drug-likeness (QED) is 0.877. The van der Waals surface area contributed by atoms with Crippen molar-refractivity contribution in [2.75, 3.05) is 0 Å². The molecule has 4 nitrogen and oxygen atoms in total. The van der Waals surface area contributed by atoms with Crippen LogP contribution in [0.2, 0.25) is 5.02 Å². The van der Waals surface area contributed by atoms with Crippen LogP contribution in [0.3, 0.4) is 0 Å². The first-order valence-corrected chi connectivity index (χ1v) is 6.61. The Bertz CT molecular complexity index is 647. The van der Waals surface area contributed by atoms with E-state index in [1.54, 1.807) is 18.2 Å². The number of Topliss-reactive ketones (excluding diaryl/α,β-unsaturated/α-hetero) is 1. The van der Waals surface area contributed by atoms with Gasteiger partial charge in [0.25, 0.3) is 0 Å². The number of aromatic nitrogens is 1. The molecule has 0 saturated carbocycles. The van der Waals surface area contributed by atoms with E-state index in [4.69, 9.17) is 16.7 Å². The molecule has 0 bridgehead atoms. The third-order valence-corrected chi connectivity index (χ3v) is 3.99. The van der Waals surface area contributed by atoms with Gasteiger partial charge >= 0.3 is 5.97 Å². The van der Waals surface area contributed by atoms with Crippen molar-refractivity contribution in [3.8, 4) is 10.6 Å². The van der Waals surface area contributed by atoms with Gasteiger partial charge in [-0.15, -0.1) is 11.3 Å². The van der Waals surface area contributed by atoms with Crippen molar-refractivity contribution in [3.63, 3.8) is 0 Å². The van der Waals surface area contributed by atoms with Gasteiger partial charge in [-0.25, -0.2) is 9.78 Å². The van der Waals surface area contributed by atoms with Crippen LogP contribution in [-0.4, -0.2) is 21.8 Å². The van der Waals surface area contributed by atoms with E-state index in [0.717, 1.165) is 22.5 Å². The lowest BCUT2D eigenvalue weighted by molar-refractivity contribution is 0.0687. The number of carboxylic acid groups (broad SMARTS) is 1. The van der Waals surface area contributed by atoms with Gasteiger partial charge < -0.3 is 5.11 Å². The number of carboxylic acids is 1. The highest BCUT2D eigenvalue weighted by Crippen LogP contribution is 2.32. The largest absolute Gasteiger partial charge is 0.476 e. The fourth-order valence-corrected chi connectivity index (χ4v) is 2.96. The number of carbonyl (C=O) groups excluding carboxylic acids is 1. The molecule has 0 spiro atoms. The van der Waals surface area contributed by atoms with Gasteiger partial charge in [0.05, 0.1) is 0 Å². The molecule has 0 aliphatic carbocycles. The minimum Gasteiger partial charge on any atom is -0.476 e. The molecule has 19 heavy (non-hydrogen) atoms. The van der Waals surface area contributed by atoms with E-state index >= 15 is 0 Å². The maximum absolute atomic E-state index is 11.4. The van der Waals surface area contributed by atoms with E-state index in [1.807, 2.05) is 6.92 Å². The molecule has 1 N–H and O–H groups in total. The fraction of sp³-hybridized carbons (Fsp3) is 0.154. The molecule has 2 rings (SSSR count). The van der Waals surface area contributed by atoms with Crippen molar-refractivity contribution >= 4 is 34.7 Å². The van der Waals surface area contributed by atoms with Crippen molar-refractivity contribution in [1.82, 2.24) is 4.98 Å². The van der Waals surface area contributed by atoms with Crippen LogP contribution in [0.25, 0.3) is 10.6 Å². The average molecular weight is 296 g/mol. The first-order valence-electron chi connectivity index (χ1n) is 5.41. The Kier molecular flexibility index (Phi) is 3.68. The third kappa shape index (κ3) is 2.67. The van der Waals surface area contributed by atoms with E-state index in [9.17, 15) is 9.59 Å². The fourth-order valence-electron chi connectivity index (χ4n) is 1.69. The van der Waals surface area contributed by atoms with Crippen LogP contribution in [0.5, 0.6) is 0 Å². The predicted molar refractivity (Wildman–Crippen MR) is 74.3 cm³/mol. The molecule has 0 atom stereocenters. The van der Waals surface area contributed by atoms with Crippen LogP contribution in [-0.2, 0) is 0 Å². The monoisotopic (exact) mass is 295 g/mol. The molecule has 0 aliphatic heterocycles. The second kappa shape index (κ2) is 5.11. The third-order valence-electron chi connectivity index (χ3n) is 2.57. The number of aryl methyl sites for hydroxylation is 1. The normalized spacial score (nSPS) is 10.5. The molecule has 0 radical (unpaired) electrons. The molecule has 98 valence electrons. The Hall–Kier alpha value is -1.72. The maximum Gasteiger partial charge on any atom is 0.356 e. The van der Waals surface area contributed by atoms with E-state index in [1.165, 1.54) is 6.92 Å². The number of thiazole rings is 1. The van der Waals surface area contributed by atoms with Crippen LogP contribution >= 0.6 is 22.9 Å². The van der Waals surface area contributed by atoms with Crippen LogP contribution in [0.4, 0.5) is 0 Å². The number of hydrogen-bond donors (Lipinski definition) is 1. The Labute approximate surface area is 118 Å². The lowest BCUT2D eigenvalue weighted by atomic mass is 10.1. The highest BCUT2D eigenvalue weighted by Gasteiger charge is 2.21. The Morgan fingerprint density at radius 3 is 2.53 bits per heavy atom. The lowest BCUT2D eigenvalue weighted by Gasteiger charge is -2.01. The SMILES string of the molecule is CC(=O)c1sc(-c2ccc(Cl)cc2C)nc1C(=O)O. The average Bonchev–Trinajstić information content (AvgIpc) is 2.73. The summed E-state index contributed by atoms with van der Waals surface area (Å²) < 4.78 is 0. The molecule has 0 unspecified atom stereocenters. The zero-order valence-electron chi connectivity index (χ0n) is 10.2. The summed E-state index contributed by atoms with van der Waals surface area (Å²) in [6.07, 6.45) is 0. The van der Waals surface area contributed by atoms with E-state index in [-0.39, 0.29) is 16.4 Å². The maximum atomic E-state index is 11.4. The van der Waals surface area contributed by atoms with E-state index in [0.29, 0.717) is 10.0 Å². The molecule has 0 amide bonds. The van der Waals surface area contributed by atoms with Crippen LogP contribution in [0.15, 0.2) is 18.2 Å². The molecule has 0 saturated heterocycles. The topological polar surface area (TPSA) is 67.3 Å². The smallest absolute Gasteiger partial charge is 0.356 e. The summed E-state index contributed by atoms with van der Waals surface area (Å²) in [4.78, 5) is 26.7. The molecule has 6 heteroatoms. The Balaban J connectivity index is 2.60. The zero-order valence-corrected chi connectivity index (χ0v) is 11.8.